The first-order chi connectivity index (χ1) is 7.59. The molecule has 0 spiro atoms. The molecule has 0 aromatic carbocycles. The van der Waals surface area contributed by atoms with Crippen LogP contribution in [-0.2, 0) is 4.74 Å². The van der Waals surface area contributed by atoms with Crippen molar-refractivity contribution in [3.8, 4) is 0 Å². The summed E-state index contributed by atoms with van der Waals surface area (Å²) in [7, 11) is 1.15. The Morgan fingerprint density at radius 3 is 2.75 bits per heavy atom. The second-order valence-electron chi connectivity index (χ2n) is 5.57. The molecule has 2 N–H and O–H groups in total. The molecule has 0 bridgehead atoms. The van der Waals surface area contributed by atoms with Crippen LogP contribution in [0.25, 0.3) is 0 Å². The van der Waals surface area contributed by atoms with Gasteiger partial charge in [0.2, 0.25) is 0 Å². The van der Waals surface area contributed by atoms with Crippen LogP contribution in [-0.4, -0.2) is 30.6 Å². The van der Waals surface area contributed by atoms with Gasteiger partial charge in [0.1, 0.15) is 0 Å². The van der Waals surface area contributed by atoms with E-state index in [4.69, 9.17) is 10.5 Å². The molecular weight excluding hydrogens is 217 g/mol. The van der Waals surface area contributed by atoms with E-state index in [0.29, 0.717) is 11.7 Å². The second kappa shape index (κ2) is 6.93. The summed E-state index contributed by atoms with van der Waals surface area (Å²) in [6.07, 6.45) is 5.38. The third kappa shape index (κ3) is 5.61. The monoisotopic (exact) mass is 245 g/mol. The Morgan fingerprint density at radius 1 is 1.38 bits per heavy atom. The van der Waals surface area contributed by atoms with Crippen LogP contribution in [0.15, 0.2) is 0 Å². The maximum atomic E-state index is 5.44. The van der Waals surface area contributed by atoms with E-state index in [1.807, 2.05) is 0 Å². The summed E-state index contributed by atoms with van der Waals surface area (Å²) in [5.41, 5.74) is 6.38. The Balaban J connectivity index is 2.05. The van der Waals surface area contributed by atoms with Gasteiger partial charge in [-0.15, -0.1) is 8.58 Å². The summed E-state index contributed by atoms with van der Waals surface area (Å²) < 4.78 is 5.44. The lowest BCUT2D eigenvalue weighted by Crippen LogP contribution is -2.13. The molecule has 3 heteroatoms. The van der Waals surface area contributed by atoms with Gasteiger partial charge in [-0.3, -0.25) is 0 Å². The van der Waals surface area contributed by atoms with Crippen molar-refractivity contribution in [2.75, 3.05) is 19.8 Å². The highest BCUT2D eigenvalue weighted by atomic mass is 31.1. The maximum absolute atomic E-state index is 5.44. The van der Waals surface area contributed by atoms with Crippen LogP contribution in [0.2, 0.25) is 0 Å². The number of rotatable bonds is 9. The zero-order valence-corrected chi connectivity index (χ0v) is 12.1. The van der Waals surface area contributed by atoms with Crippen LogP contribution in [0.5, 0.6) is 0 Å². The SMILES string of the molecule is CCCC(C)(C)PC1CC1CCOCCN. The predicted octanol–water partition coefficient (Wildman–Crippen LogP) is 3.00. The molecule has 1 saturated carbocycles. The number of hydrogen-bond acceptors (Lipinski definition) is 2. The summed E-state index contributed by atoms with van der Waals surface area (Å²) in [5.74, 6) is 0.951. The molecular formula is C13H28NOP. The summed E-state index contributed by atoms with van der Waals surface area (Å²) in [4.78, 5) is 0. The summed E-state index contributed by atoms with van der Waals surface area (Å²) in [6.45, 7) is 9.43. The zero-order chi connectivity index (χ0) is 12.0. The fourth-order valence-electron chi connectivity index (χ4n) is 2.36. The van der Waals surface area contributed by atoms with Crippen LogP contribution in [0, 0.1) is 5.92 Å². The van der Waals surface area contributed by atoms with Gasteiger partial charge in [-0.05, 0) is 36.0 Å². The Morgan fingerprint density at radius 2 is 2.12 bits per heavy atom. The number of hydrogen-bond donors (Lipinski definition) is 1. The van der Waals surface area contributed by atoms with Crippen molar-refractivity contribution in [2.24, 2.45) is 11.7 Å². The van der Waals surface area contributed by atoms with E-state index < -0.39 is 0 Å². The van der Waals surface area contributed by atoms with E-state index in [0.717, 1.165) is 33.4 Å². The largest absolute Gasteiger partial charge is 0.380 e. The molecule has 0 radical (unpaired) electrons. The Labute approximate surface area is 102 Å². The van der Waals surface area contributed by atoms with Gasteiger partial charge in [0, 0.05) is 13.2 Å². The normalized spacial score (nSPS) is 25.5. The topological polar surface area (TPSA) is 35.2 Å². The second-order valence-corrected chi connectivity index (χ2v) is 7.95. The highest BCUT2D eigenvalue weighted by Gasteiger charge is 2.39. The van der Waals surface area contributed by atoms with Crippen molar-refractivity contribution in [3.05, 3.63) is 0 Å². The average molecular weight is 245 g/mol. The average Bonchev–Trinajstić information content (AvgIpc) is 2.90. The first kappa shape index (κ1) is 14.4. The molecule has 3 unspecified atom stereocenters. The highest BCUT2D eigenvalue weighted by molar-refractivity contribution is 7.41. The van der Waals surface area contributed by atoms with E-state index >= 15 is 0 Å². The molecule has 1 rings (SSSR count). The van der Waals surface area contributed by atoms with E-state index in [-0.39, 0.29) is 0 Å². The molecule has 3 atom stereocenters. The molecule has 0 amide bonds. The van der Waals surface area contributed by atoms with Crippen molar-refractivity contribution in [1.29, 1.82) is 0 Å². The quantitative estimate of drug-likeness (QED) is 0.500. The van der Waals surface area contributed by atoms with Crippen molar-refractivity contribution in [2.45, 2.75) is 57.3 Å². The first-order valence-corrected chi connectivity index (χ1v) is 7.72. The van der Waals surface area contributed by atoms with Gasteiger partial charge in [0.05, 0.1) is 6.61 Å². The first-order valence-electron chi connectivity index (χ1n) is 6.64. The van der Waals surface area contributed by atoms with E-state index in [9.17, 15) is 0 Å². The molecule has 2 nitrogen and oxygen atoms in total. The van der Waals surface area contributed by atoms with Crippen LogP contribution < -0.4 is 5.73 Å². The summed E-state index contributed by atoms with van der Waals surface area (Å²) in [5, 5.41) is 0.576. The molecule has 0 saturated heterocycles. The van der Waals surface area contributed by atoms with Gasteiger partial charge in [-0.1, -0.05) is 27.2 Å². The van der Waals surface area contributed by atoms with Gasteiger partial charge in [-0.2, -0.15) is 0 Å². The van der Waals surface area contributed by atoms with Gasteiger partial charge in [-0.25, -0.2) is 0 Å². The van der Waals surface area contributed by atoms with Gasteiger partial charge >= 0.3 is 0 Å². The Kier molecular flexibility index (Phi) is 6.25. The van der Waals surface area contributed by atoms with E-state index in [1.165, 1.54) is 25.7 Å². The van der Waals surface area contributed by atoms with Crippen LogP contribution in [0.3, 0.4) is 0 Å². The molecule has 0 aromatic rings. The summed E-state index contributed by atoms with van der Waals surface area (Å²) in [6, 6.07) is 0. The van der Waals surface area contributed by atoms with Crippen molar-refractivity contribution >= 4 is 8.58 Å². The van der Waals surface area contributed by atoms with Crippen molar-refractivity contribution in [1.82, 2.24) is 0 Å². The zero-order valence-electron chi connectivity index (χ0n) is 11.1. The molecule has 1 aliphatic rings. The van der Waals surface area contributed by atoms with Gasteiger partial charge < -0.3 is 10.5 Å². The third-order valence-electron chi connectivity index (χ3n) is 3.27. The molecule has 0 heterocycles. The fraction of sp³-hybridized carbons (Fsp3) is 1.00. The van der Waals surface area contributed by atoms with Crippen LogP contribution >= 0.6 is 8.58 Å². The standard InChI is InChI=1S/C13H28NOP/c1-4-6-13(2,3)16-12-10-11(12)5-8-15-9-7-14/h11-12,16H,4-10,14H2,1-3H3. The lowest BCUT2D eigenvalue weighted by atomic mass is 10.1. The van der Waals surface area contributed by atoms with E-state index in [2.05, 4.69) is 20.8 Å². The predicted molar refractivity (Wildman–Crippen MR) is 73.7 cm³/mol. The Hall–Kier alpha value is 0.350. The van der Waals surface area contributed by atoms with E-state index in [1.54, 1.807) is 0 Å². The lowest BCUT2D eigenvalue weighted by Gasteiger charge is -2.24. The minimum absolute atomic E-state index is 0.576. The Bertz CT molecular complexity index is 196. The fourth-order valence-corrected chi connectivity index (χ4v) is 4.58. The molecule has 1 fully saturated rings. The summed E-state index contributed by atoms with van der Waals surface area (Å²) >= 11 is 0. The maximum Gasteiger partial charge on any atom is 0.0588 e. The molecule has 0 aliphatic heterocycles. The minimum Gasteiger partial charge on any atom is -0.380 e. The van der Waals surface area contributed by atoms with Crippen LogP contribution in [0.4, 0.5) is 0 Å². The molecule has 96 valence electrons. The van der Waals surface area contributed by atoms with Crippen molar-refractivity contribution < 1.29 is 4.74 Å². The number of nitrogens with two attached hydrogens (primary N) is 1. The van der Waals surface area contributed by atoms with Gasteiger partial charge in [0.25, 0.3) is 0 Å². The molecule has 0 aromatic heterocycles. The minimum atomic E-state index is 0.576. The van der Waals surface area contributed by atoms with Gasteiger partial charge in [0.15, 0.2) is 0 Å². The highest BCUT2D eigenvalue weighted by Crippen LogP contribution is 2.54. The molecule has 16 heavy (non-hydrogen) atoms. The molecule has 1 aliphatic carbocycles. The number of ether oxygens (including phenoxy) is 1. The van der Waals surface area contributed by atoms with Crippen molar-refractivity contribution in [3.63, 3.8) is 0 Å². The third-order valence-corrected chi connectivity index (χ3v) is 5.38. The van der Waals surface area contributed by atoms with Crippen LogP contribution in [0.1, 0.15) is 46.5 Å². The smallest absolute Gasteiger partial charge is 0.0588 e. The lowest BCUT2D eigenvalue weighted by molar-refractivity contribution is 0.135.